The highest BCUT2D eigenvalue weighted by atomic mass is 31.2. The molecule has 6 atom stereocenters. The van der Waals surface area contributed by atoms with Gasteiger partial charge in [0.1, 0.15) is 18.2 Å². The third kappa shape index (κ3) is 18.0. The maximum absolute atomic E-state index is 14.8. The molecule has 1 saturated heterocycles. The minimum absolute atomic E-state index is 0.0921. The number of esters is 1. The van der Waals surface area contributed by atoms with E-state index < -0.39 is 56.4 Å². The van der Waals surface area contributed by atoms with Crippen LogP contribution >= 0.6 is 7.82 Å². The number of aliphatic hydroxyl groups excluding tert-OH is 1. The minimum atomic E-state index is -4.53. The smallest absolute Gasteiger partial charge is 0.457 e. The van der Waals surface area contributed by atoms with Crippen LogP contribution in [0.3, 0.4) is 0 Å². The van der Waals surface area contributed by atoms with E-state index in [-0.39, 0.29) is 39.3 Å². The van der Waals surface area contributed by atoms with Gasteiger partial charge in [-0.3, -0.25) is 23.2 Å². The monoisotopic (exact) mass is 839 g/mol. The third-order valence-corrected chi connectivity index (χ3v) is 11.6. The number of nitrogens with one attached hydrogen (secondary N) is 1. The van der Waals surface area contributed by atoms with E-state index >= 15 is 0 Å². The molecule has 3 aromatic carbocycles. The van der Waals surface area contributed by atoms with Gasteiger partial charge in [0, 0.05) is 13.5 Å². The van der Waals surface area contributed by atoms with Crippen LogP contribution in [0, 0.1) is 0 Å². The Morgan fingerprint density at radius 1 is 0.729 bits per heavy atom. The average Bonchev–Trinajstić information content (AvgIpc) is 3.25. The molecular weight excluding hydrogens is 773 g/mol. The number of phosphoric acid groups is 1. The molecule has 1 aliphatic rings. The molecule has 59 heavy (non-hydrogen) atoms. The zero-order valence-corrected chi connectivity index (χ0v) is 36.0. The van der Waals surface area contributed by atoms with Gasteiger partial charge in [0.25, 0.3) is 0 Å². The number of carbonyl (C=O) groups is 2. The number of hydrogen-bond donors (Lipinski definition) is 2. The van der Waals surface area contributed by atoms with Crippen LogP contribution in [0.4, 0.5) is 0 Å². The number of methoxy groups -OCH3 is 1. The van der Waals surface area contributed by atoms with Crippen LogP contribution in [0.25, 0.3) is 0 Å². The zero-order chi connectivity index (χ0) is 42.1. The number of benzene rings is 3. The van der Waals surface area contributed by atoms with E-state index in [1.54, 1.807) is 7.11 Å². The molecule has 13 heteroatoms. The van der Waals surface area contributed by atoms with Gasteiger partial charge in [-0.2, -0.15) is 0 Å². The summed E-state index contributed by atoms with van der Waals surface area (Å²) in [6.07, 6.45) is 5.71. The van der Waals surface area contributed by atoms with Crippen LogP contribution < -0.4 is 5.32 Å². The second kappa shape index (κ2) is 27.4. The van der Waals surface area contributed by atoms with Gasteiger partial charge in [-0.05, 0) is 29.5 Å². The second-order valence-corrected chi connectivity index (χ2v) is 16.7. The largest absolute Gasteiger partial charge is 0.475 e. The molecule has 1 fully saturated rings. The van der Waals surface area contributed by atoms with Crippen LogP contribution in [0.5, 0.6) is 0 Å². The molecule has 1 amide bonds. The van der Waals surface area contributed by atoms with Gasteiger partial charge in [0.15, 0.2) is 12.4 Å². The van der Waals surface area contributed by atoms with Crippen molar-refractivity contribution in [2.24, 2.45) is 0 Å². The third-order valence-electron chi connectivity index (χ3n) is 10.2. The lowest BCUT2D eigenvalue weighted by atomic mass is 9.96. The van der Waals surface area contributed by atoms with E-state index in [4.69, 9.17) is 32.5 Å². The van der Waals surface area contributed by atoms with Crippen molar-refractivity contribution < 1.29 is 51.8 Å². The second-order valence-electron chi connectivity index (χ2n) is 15.1. The van der Waals surface area contributed by atoms with E-state index in [9.17, 15) is 19.3 Å². The molecule has 2 N–H and O–H groups in total. The maximum Gasteiger partial charge on any atom is 0.475 e. The fourth-order valence-electron chi connectivity index (χ4n) is 6.90. The maximum atomic E-state index is 14.8. The number of rotatable bonds is 29. The van der Waals surface area contributed by atoms with Gasteiger partial charge >= 0.3 is 13.8 Å². The zero-order valence-electron chi connectivity index (χ0n) is 35.1. The Balaban J connectivity index is 1.58. The standard InChI is InChI=1S/C46H66NO11P/c1-4-6-7-8-9-10-11-12-22-30-39(52-3)31-42(49)57-45-43(47-41(48)23-5-2)46(50)56-40(35-53-32-36-24-16-13-17-25-36)44(45)58-59(51,54-33-37-26-18-14-19-27-37)55-34-38-28-20-15-21-29-38/h13-21,24-29,39-40,43-46,50H,4-12,22-23,30-35H2,1-3H3,(H,47,48)/t39?,40?,43?,44?,45-,46?/m0/s1. The summed E-state index contributed by atoms with van der Waals surface area (Å²) in [7, 11) is -2.97. The van der Waals surface area contributed by atoms with Crippen molar-refractivity contribution in [3.05, 3.63) is 108 Å². The fraction of sp³-hybridized carbons (Fsp3) is 0.565. The summed E-state index contributed by atoms with van der Waals surface area (Å²) in [6, 6.07) is 26.4. The van der Waals surface area contributed by atoms with Crippen LogP contribution in [-0.2, 0) is 66.5 Å². The minimum Gasteiger partial charge on any atom is -0.457 e. The van der Waals surface area contributed by atoms with Crippen molar-refractivity contribution in [2.45, 2.75) is 154 Å². The molecule has 0 spiro atoms. The van der Waals surface area contributed by atoms with Crippen LogP contribution in [0.1, 0.15) is 114 Å². The number of unbranched alkanes of at least 4 members (excludes halogenated alkanes) is 8. The highest BCUT2D eigenvalue weighted by Gasteiger charge is 2.52. The van der Waals surface area contributed by atoms with Crippen molar-refractivity contribution in [2.75, 3.05) is 13.7 Å². The number of aliphatic hydroxyl groups is 1. The van der Waals surface area contributed by atoms with Crippen LogP contribution in [-0.4, -0.2) is 67.4 Å². The number of hydrogen-bond acceptors (Lipinski definition) is 11. The summed E-state index contributed by atoms with van der Waals surface area (Å²) in [4.78, 5) is 27.0. The summed E-state index contributed by atoms with van der Waals surface area (Å²) in [5.74, 6) is -1.05. The SMILES string of the molecule is CCCCCCCCCCCC(CC(=O)O[C@H]1C(NC(=O)CCC)C(O)OC(COCc2ccccc2)C1OP(=O)(OCc1ccccc1)OCc1ccccc1)OC. The number of carbonyl (C=O) groups excluding carboxylic acids is 2. The Labute approximate surface area is 351 Å². The van der Waals surface area contributed by atoms with Crippen molar-refractivity contribution in [3.8, 4) is 0 Å². The van der Waals surface area contributed by atoms with Gasteiger partial charge in [-0.1, -0.05) is 163 Å². The van der Waals surface area contributed by atoms with E-state index in [1.165, 1.54) is 38.5 Å². The van der Waals surface area contributed by atoms with Gasteiger partial charge in [-0.25, -0.2) is 4.57 Å². The van der Waals surface area contributed by atoms with Gasteiger partial charge in [-0.15, -0.1) is 0 Å². The fourth-order valence-corrected chi connectivity index (χ4v) is 8.27. The van der Waals surface area contributed by atoms with Crippen molar-refractivity contribution in [1.29, 1.82) is 0 Å². The Bertz CT molecular complexity index is 1590. The molecular formula is C46H66NO11P. The topological polar surface area (TPSA) is 148 Å². The first kappa shape index (κ1) is 48.2. The van der Waals surface area contributed by atoms with Gasteiger partial charge < -0.3 is 29.4 Å². The lowest BCUT2D eigenvalue weighted by Gasteiger charge is -2.44. The highest BCUT2D eigenvalue weighted by molar-refractivity contribution is 7.48. The van der Waals surface area contributed by atoms with E-state index in [2.05, 4.69) is 12.2 Å². The molecule has 0 aliphatic carbocycles. The normalized spacial score (nSPS) is 19.9. The average molecular weight is 840 g/mol. The Kier molecular flexibility index (Phi) is 22.4. The predicted octanol–water partition coefficient (Wildman–Crippen LogP) is 9.37. The molecule has 0 radical (unpaired) electrons. The number of ether oxygens (including phenoxy) is 4. The molecule has 0 bridgehead atoms. The number of amides is 1. The number of phosphoric ester groups is 1. The Morgan fingerprint density at radius 2 is 1.25 bits per heavy atom. The molecule has 0 aromatic heterocycles. The van der Waals surface area contributed by atoms with E-state index in [1.807, 2.05) is 97.9 Å². The Hall–Kier alpha value is -3.45. The van der Waals surface area contributed by atoms with Crippen molar-refractivity contribution in [3.63, 3.8) is 0 Å². The van der Waals surface area contributed by atoms with Crippen molar-refractivity contribution >= 4 is 19.7 Å². The quantitative estimate of drug-likeness (QED) is 0.0391. The summed E-state index contributed by atoms with van der Waals surface area (Å²) in [5, 5.41) is 14.2. The molecule has 0 saturated carbocycles. The molecule has 326 valence electrons. The molecule has 1 aliphatic heterocycles. The first-order valence-corrected chi connectivity index (χ1v) is 22.8. The van der Waals surface area contributed by atoms with Crippen LogP contribution in [0.15, 0.2) is 91.0 Å². The molecule has 5 unspecified atom stereocenters. The lowest BCUT2D eigenvalue weighted by Crippen LogP contribution is -2.65. The first-order chi connectivity index (χ1) is 28.7. The summed E-state index contributed by atoms with van der Waals surface area (Å²) in [6.45, 7) is 3.82. The molecule has 4 rings (SSSR count). The first-order valence-electron chi connectivity index (χ1n) is 21.4. The van der Waals surface area contributed by atoms with E-state index in [0.29, 0.717) is 24.0 Å². The molecule has 1 heterocycles. The van der Waals surface area contributed by atoms with Gasteiger partial charge in [0.05, 0.1) is 39.0 Å². The lowest BCUT2D eigenvalue weighted by molar-refractivity contribution is -0.260. The summed E-state index contributed by atoms with van der Waals surface area (Å²) in [5.41, 5.74) is 2.31. The summed E-state index contributed by atoms with van der Waals surface area (Å²) >= 11 is 0. The summed E-state index contributed by atoms with van der Waals surface area (Å²) < 4.78 is 57.2. The predicted molar refractivity (Wildman–Crippen MR) is 226 cm³/mol. The van der Waals surface area contributed by atoms with Gasteiger partial charge in [0.2, 0.25) is 5.91 Å². The molecule has 3 aromatic rings. The Morgan fingerprint density at radius 3 is 1.78 bits per heavy atom. The van der Waals surface area contributed by atoms with E-state index in [0.717, 1.165) is 24.8 Å². The molecule has 12 nitrogen and oxygen atoms in total. The van der Waals surface area contributed by atoms with Crippen LogP contribution in [0.2, 0.25) is 0 Å². The highest BCUT2D eigenvalue weighted by Crippen LogP contribution is 2.54. The van der Waals surface area contributed by atoms with Crippen molar-refractivity contribution in [1.82, 2.24) is 5.32 Å².